The van der Waals surface area contributed by atoms with Crippen LogP contribution >= 0.6 is 27.7 Å². The van der Waals surface area contributed by atoms with E-state index in [2.05, 4.69) is 26.2 Å². The first-order valence-electron chi connectivity index (χ1n) is 8.79. The zero-order valence-corrected chi connectivity index (χ0v) is 18.5. The van der Waals surface area contributed by atoms with Crippen molar-refractivity contribution in [3.63, 3.8) is 0 Å². The van der Waals surface area contributed by atoms with Crippen LogP contribution < -0.4 is 14.8 Å². The molecular weight excluding hydrogens is 440 g/mol. The molecule has 0 aliphatic carbocycles. The Kier molecular flexibility index (Phi) is 6.46. The van der Waals surface area contributed by atoms with Gasteiger partial charge >= 0.3 is 0 Å². The number of carbonyl (C=O) groups excluding carboxylic acids is 1. The first kappa shape index (κ1) is 20.5. The lowest BCUT2D eigenvalue weighted by atomic mass is 10.1. The van der Waals surface area contributed by atoms with Gasteiger partial charge in [0.05, 0.1) is 28.8 Å². The summed E-state index contributed by atoms with van der Waals surface area (Å²) in [6.07, 6.45) is 1.82. The van der Waals surface area contributed by atoms with Gasteiger partial charge < -0.3 is 14.8 Å². The first-order valence-corrected chi connectivity index (χ1v) is 10.4. The van der Waals surface area contributed by atoms with Crippen molar-refractivity contribution in [3.8, 4) is 11.5 Å². The lowest BCUT2D eigenvalue weighted by molar-refractivity contribution is -0.115. The van der Waals surface area contributed by atoms with Crippen molar-refractivity contribution in [1.29, 1.82) is 0 Å². The number of methoxy groups -OCH3 is 1. The molecule has 28 heavy (non-hydrogen) atoms. The summed E-state index contributed by atoms with van der Waals surface area (Å²) in [6, 6.07) is 9.76. The van der Waals surface area contributed by atoms with E-state index in [0.29, 0.717) is 28.2 Å². The van der Waals surface area contributed by atoms with E-state index in [4.69, 9.17) is 9.47 Å². The third-order valence-corrected chi connectivity index (χ3v) is 5.64. The van der Waals surface area contributed by atoms with E-state index >= 15 is 0 Å². The number of amides is 1. The van der Waals surface area contributed by atoms with Crippen LogP contribution in [0.1, 0.15) is 23.6 Å². The fourth-order valence-electron chi connectivity index (χ4n) is 2.85. The highest BCUT2D eigenvalue weighted by Gasteiger charge is 2.24. The predicted octanol–water partition coefficient (Wildman–Crippen LogP) is 5.36. The van der Waals surface area contributed by atoms with Crippen LogP contribution in [0.2, 0.25) is 0 Å². The minimum atomic E-state index is -0.167. The van der Waals surface area contributed by atoms with Crippen LogP contribution in [0.4, 0.5) is 5.69 Å². The van der Waals surface area contributed by atoms with Crippen LogP contribution in [0.25, 0.3) is 6.08 Å². The minimum absolute atomic E-state index is 0.167. The lowest BCUT2D eigenvalue weighted by Crippen LogP contribution is -2.19. The summed E-state index contributed by atoms with van der Waals surface area (Å²) in [4.78, 5) is 17.6. The Balaban J connectivity index is 1.92. The van der Waals surface area contributed by atoms with Crippen LogP contribution in [0.5, 0.6) is 11.5 Å². The molecule has 1 aliphatic rings. The summed E-state index contributed by atoms with van der Waals surface area (Å²) in [5.41, 5.74) is 3.86. The van der Waals surface area contributed by atoms with Crippen LogP contribution in [-0.2, 0) is 4.79 Å². The van der Waals surface area contributed by atoms with Gasteiger partial charge in [-0.05, 0) is 83.4 Å². The number of benzene rings is 2. The molecule has 0 radical (unpaired) electrons. The molecule has 1 fully saturated rings. The average molecular weight is 461 g/mol. The van der Waals surface area contributed by atoms with Crippen molar-refractivity contribution in [2.45, 2.75) is 20.8 Å². The molecule has 1 amide bonds. The summed E-state index contributed by atoms with van der Waals surface area (Å²) in [6.45, 7) is 6.45. The summed E-state index contributed by atoms with van der Waals surface area (Å²) < 4.78 is 11.8. The van der Waals surface area contributed by atoms with E-state index in [1.807, 2.05) is 57.2 Å². The molecule has 0 spiro atoms. The van der Waals surface area contributed by atoms with Crippen LogP contribution in [0, 0.1) is 13.8 Å². The molecule has 1 N–H and O–H groups in total. The normalized spacial score (nSPS) is 16.5. The van der Waals surface area contributed by atoms with Gasteiger partial charge in [-0.3, -0.25) is 4.79 Å². The fraction of sp³-hybridized carbons (Fsp3) is 0.238. The van der Waals surface area contributed by atoms with Crippen LogP contribution in [0.3, 0.4) is 0 Å². The summed E-state index contributed by atoms with van der Waals surface area (Å²) in [5, 5.41) is 3.42. The third kappa shape index (κ3) is 4.42. The number of para-hydroxylation sites is 1. The van der Waals surface area contributed by atoms with E-state index < -0.39 is 0 Å². The SMILES string of the molecule is CCOc1cc(/C=C2\SC(=Nc3c(C)cccc3C)NC2=O)cc(Br)c1OC. The Morgan fingerprint density at radius 1 is 1.25 bits per heavy atom. The highest BCUT2D eigenvalue weighted by Crippen LogP contribution is 2.38. The molecule has 0 atom stereocenters. The number of aliphatic imine (C=N–C) groups is 1. The number of amidine groups is 1. The van der Waals surface area contributed by atoms with E-state index in [9.17, 15) is 4.79 Å². The molecule has 1 heterocycles. The molecular formula is C21H21BrN2O3S. The van der Waals surface area contributed by atoms with Crippen molar-refractivity contribution in [3.05, 3.63) is 56.4 Å². The Morgan fingerprint density at radius 2 is 1.96 bits per heavy atom. The molecule has 1 saturated heterocycles. The molecule has 0 unspecified atom stereocenters. The number of hydrogen-bond donors (Lipinski definition) is 1. The summed E-state index contributed by atoms with van der Waals surface area (Å²) in [5.74, 6) is 1.09. The number of ether oxygens (including phenoxy) is 2. The average Bonchev–Trinajstić information content (AvgIpc) is 2.98. The van der Waals surface area contributed by atoms with Crippen molar-refractivity contribution in [1.82, 2.24) is 5.32 Å². The summed E-state index contributed by atoms with van der Waals surface area (Å²) >= 11 is 4.82. The third-order valence-electron chi connectivity index (χ3n) is 4.14. The number of carbonyl (C=O) groups is 1. The highest BCUT2D eigenvalue weighted by molar-refractivity contribution is 9.10. The van der Waals surface area contributed by atoms with Crippen LogP contribution in [0.15, 0.2) is 44.7 Å². The van der Waals surface area contributed by atoms with E-state index in [-0.39, 0.29) is 5.91 Å². The van der Waals surface area contributed by atoms with Gasteiger partial charge in [-0.2, -0.15) is 0 Å². The Bertz CT molecular complexity index is 966. The van der Waals surface area contributed by atoms with Gasteiger partial charge in [-0.15, -0.1) is 0 Å². The van der Waals surface area contributed by atoms with Gasteiger partial charge in [-0.25, -0.2) is 4.99 Å². The van der Waals surface area contributed by atoms with Gasteiger partial charge in [0.25, 0.3) is 5.91 Å². The van der Waals surface area contributed by atoms with Crippen molar-refractivity contribution in [2.24, 2.45) is 4.99 Å². The molecule has 1 aliphatic heterocycles. The minimum Gasteiger partial charge on any atom is -0.492 e. The van der Waals surface area contributed by atoms with Crippen molar-refractivity contribution in [2.75, 3.05) is 13.7 Å². The number of nitrogens with zero attached hydrogens (tertiary/aromatic N) is 1. The first-order chi connectivity index (χ1) is 13.4. The number of hydrogen-bond acceptors (Lipinski definition) is 5. The zero-order chi connectivity index (χ0) is 20.3. The molecule has 7 heteroatoms. The molecule has 0 aromatic heterocycles. The molecule has 2 aromatic rings. The molecule has 5 nitrogen and oxygen atoms in total. The number of aryl methyl sites for hydroxylation is 2. The largest absolute Gasteiger partial charge is 0.492 e. The predicted molar refractivity (Wildman–Crippen MR) is 119 cm³/mol. The topological polar surface area (TPSA) is 59.9 Å². The molecule has 0 saturated carbocycles. The van der Waals surface area contributed by atoms with Crippen molar-refractivity contribution < 1.29 is 14.3 Å². The zero-order valence-electron chi connectivity index (χ0n) is 16.1. The highest BCUT2D eigenvalue weighted by atomic mass is 79.9. The van der Waals surface area contributed by atoms with Crippen molar-refractivity contribution >= 4 is 50.5 Å². The maximum Gasteiger partial charge on any atom is 0.264 e. The summed E-state index contributed by atoms with van der Waals surface area (Å²) in [7, 11) is 1.59. The van der Waals surface area contributed by atoms with E-state index in [1.54, 1.807) is 7.11 Å². The molecule has 2 aromatic carbocycles. The molecule has 3 rings (SSSR count). The fourth-order valence-corrected chi connectivity index (χ4v) is 4.30. The second kappa shape index (κ2) is 8.84. The standard InChI is InChI=1S/C21H21BrN2O3S/c1-5-27-16-10-14(9-15(22)19(16)26-4)11-17-20(25)24-21(28-17)23-18-12(2)7-6-8-13(18)3/h6-11H,5H2,1-4H3,(H,23,24,25)/b17-11-. The van der Waals surface area contributed by atoms with E-state index in [0.717, 1.165) is 26.9 Å². The quantitative estimate of drug-likeness (QED) is 0.609. The van der Waals surface area contributed by atoms with Crippen LogP contribution in [-0.4, -0.2) is 24.8 Å². The number of halogens is 1. The smallest absolute Gasteiger partial charge is 0.264 e. The number of thioether (sulfide) groups is 1. The Hall–Kier alpha value is -2.25. The monoisotopic (exact) mass is 460 g/mol. The Morgan fingerprint density at radius 3 is 2.61 bits per heavy atom. The number of nitrogens with one attached hydrogen (secondary N) is 1. The van der Waals surface area contributed by atoms with E-state index in [1.165, 1.54) is 11.8 Å². The van der Waals surface area contributed by atoms with Gasteiger partial charge in [0.2, 0.25) is 0 Å². The Labute approximate surface area is 177 Å². The lowest BCUT2D eigenvalue weighted by Gasteiger charge is -2.12. The number of rotatable bonds is 5. The van der Waals surface area contributed by atoms with Gasteiger partial charge in [0.1, 0.15) is 0 Å². The second-order valence-corrected chi connectivity index (χ2v) is 8.07. The molecule has 0 bridgehead atoms. The maximum atomic E-state index is 12.4. The van der Waals surface area contributed by atoms with Gasteiger partial charge in [0.15, 0.2) is 16.7 Å². The molecule has 146 valence electrons. The second-order valence-electron chi connectivity index (χ2n) is 6.19. The van der Waals surface area contributed by atoms with Gasteiger partial charge in [0, 0.05) is 0 Å². The van der Waals surface area contributed by atoms with Gasteiger partial charge in [-0.1, -0.05) is 18.2 Å². The maximum absolute atomic E-state index is 12.4.